The van der Waals surface area contributed by atoms with Crippen LogP contribution >= 0.6 is 0 Å². The molecule has 1 aliphatic rings. The molecule has 0 radical (unpaired) electrons. The first kappa shape index (κ1) is 12.2. The van der Waals surface area contributed by atoms with E-state index >= 15 is 0 Å². The van der Waals surface area contributed by atoms with Gasteiger partial charge in [-0.15, -0.1) is 0 Å². The third-order valence-corrected chi connectivity index (χ3v) is 3.33. The Morgan fingerprint density at radius 3 is 2.89 bits per heavy atom. The molecular formula is C14H17N3O2. The molecule has 0 aliphatic carbocycles. The van der Waals surface area contributed by atoms with E-state index in [1.54, 1.807) is 18.7 Å². The van der Waals surface area contributed by atoms with Gasteiger partial charge in [0.05, 0.1) is 12.9 Å². The van der Waals surface area contributed by atoms with E-state index < -0.39 is 0 Å². The van der Waals surface area contributed by atoms with Crippen LogP contribution < -0.4 is 10.1 Å². The average molecular weight is 259 g/mol. The summed E-state index contributed by atoms with van der Waals surface area (Å²) in [4.78, 5) is 8.55. The summed E-state index contributed by atoms with van der Waals surface area (Å²) in [6.07, 6.45) is 7.22. The Morgan fingerprint density at radius 2 is 2.11 bits per heavy atom. The van der Waals surface area contributed by atoms with Crippen molar-refractivity contribution < 1.29 is 9.15 Å². The highest BCUT2D eigenvalue weighted by Crippen LogP contribution is 2.26. The van der Waals surface area contributed by atoms with Crippen LogP contribution in [0.5, 0.6) is 5.88 Å². The number of furan rings is 1. The third kappa shape index (κ3) is 2.93. The molecular weight excluding hydrogens is 242 g/mol. The van der Waals surface area contributed by atoms with Crippen molar-refractivity contribution in [3.63, 3.8) is 0 Å². The molecule has 19 heavy (non-hydrogen) atoms. The molecule has 0 saturated carbocycles. The van der Waals surface area contributed by atoms with Gasteiger partial charge in [-0.2, -0.15) is 0 Å². The fourth-order valence-electron chi connectivity index (χ4n) is 2.26. The maximum absolute atomic E-state index is 5.84. The average Bonchev–Trinajstić information content (AvgIpc) is 3.01. The van der Waals surface area contributed by atoms with Gasteiger partial charge in [0.2, 0.25) is 5.88 Å². The van der Waals surface area contributed by atoms with E-state index in [-0.39, 0.29) is 0 Å². The van der Waals surface area contributed by atoms with Crippen molar-refractivity contribution in [1.82, 2.24) is 15.3 Å². The van der Waals surface area contributed by atoms with E-state index in [0.29, 0.717) is 29.9 Å². The quantitative estimate of drug-likeness (QED) is 0.911. The molecule has 1 fully saturated rings. The number of rotatable bonds is 4. The molecule has 100 valence electrons. The van der Waals surface area contributed by atoms with Gasteiger partial charge in [0.25, 0.3) is 0 Å². The van der Waals surface area contributed by atoms with Gasteiger partial charge in [-0.05, 0) is 44.0 Å². The summed E-state index contributed by atoms with van der Waals surface area (Å²) in [6.45, 7) is 2.83. The molecule has 2 aromatic heterocycles. The van der Waals surface area contributed by atoms with Gasteiger partial charge in [-0.1, -0.05) is 0 Å². The lowest BCUT2D eigenvalue weighted by molar-refractivity contribution is 0.209. The van der Waals surface area contributed by atoms with E-state index in [4.69, 9.17) is 9.15 Å². The normalized spacial score (nSPS) is 16.4. The molecule has 0 atom stereocenters. The zero-order valence-corrected chi connectivity index (χ0v) is 10.7. The predicted octanol–water partition coefficient (Wildman–Crippen LogP) is 2.11. The van der Waals surface area contributed by atoms with Crippen molar-refractivity contribution >= 4 is 0 Å². The van der Waals surface area contributed by atoms with Gasteiger partial charge in [-0.25, -0.2) is 9.97 Å². The minimum Gasteiger partial charge on any atom is -0.476 e. The first-order valence-electron chi connectivity index (χ1n) is 6.62. The van der Waals surface area contributed by atoms with Crippen LogP contribution in [0.25, 0.3) is 11.5 Å². The maximum Gasteiger partial charge on any atom is 0.243 e. The molecule has 0 amide bonds. The Hall–Kier alpha value is -1.88. The lowest BCUT2D eigenvalue weighted by Gasteiger charge is -2.22. The monoisotopic (exact) mass is 259 g/mol. The van der Waals surface area contributed by atoms with E-state index in [0.717, 1.165) is 25.9 Å². The second-order valence-corrected chi connectivity index (χ2v) is 4.69. The minimum absolute atomic E-state index is 0.552. The summed E-state index contributed by atoms with van der Waals surface area (Å²) >= 11 is 0. The zero-order chi connectivity index (χ0) is 12.9. The van der Waals surface area contributed by atoms with Crippen molar-refractivity contribution in [2.45, 2.75) is 12.8 Å². The summed E-state index contributed by atoms with van der Waals surface area (Å²) in [5, 5.41) is 3.35. The van der Waals surface area contributed by atoms with E-state index in [2.05, 4.69) is 15.3 Å². The van der Waals surface area contributed by atoms with Crippen LogP contribution in [-0.4, -0.2) is 29.7 Å². The highest BCUT2D eigenvalue weighted by Gasteiger charge is 2.16. The highest BCUT2D eigenvalue weighted by molar-refractivity contribution is 5.57. The van der Waals surface area contributed by atoms with Crippen LogP contribution in [0.2, 0.25) is 0 Å². The number of hydrogen-bond acceptors (Lipinski definition) is 5. The molecule has 0 aromatic carbocycles. The fourth-order valence-corrected chi connectivity index (χ4v) is 2.26. The van der Waals surface area contributed by atoms with E-state index in [9.17, 15) is 0 Å². The Bertz CT molecular complexity index is 507. The Kier molecular flexibility index (Phi) is 3.74. The first-order valence-corrected chi connectivity index (χ1v) is 6.62. The molecule has 0 bridgehead atoms. The lowest BCUT2D eigenvalue weighted by Crippen LogP contribution is -2.30. The maximum atomic E-state index is 5.84. The standard InChI is InChI=1S/C14H17N3O2/c1-2-12(18-9-1)13-14(17-8-7-16-13)19-10-11-3-5-15-6-4-11/h1-2,7-9,11,15H,3-6,10H2. The second kappa shape index (κ2) is 5.84. The topological polar surface area (TPSA) is 60.2 Å². The van der Waals surface area contributed by atoms with Crippen molar-refractivity contribution in [1.29, 1.82) is 0 Å². The molecule has 1 saturated heterocycles. The molecule has 2 aromatic rings. The molecule has 1 N–H and O–H groups in total. The smallest absolute Gasteiger partial charge is 0.243 e. The minimum atomic E-state index is 0.552. The number of hydrogen-bond donors (Lipinski definition) is 1. The largest absolute Gasteiger partial charge is 0.476 e. The summed E-state index contributed by atoms with van der Waals surface area (Å²) in [7, 11) is 0. The Balaban J connectivity index is 1.70. The van der Waals surface area contributed by atoms with Crippen LogP contribution in [0.4, 0.5) is 0 Å². The number of piperidine rings is 1. The first-order chi connectivity index (χ1) is 9.43. The van der Waals surface area contributed by atoms with Crippen LogP contribution in [0.15, 0.2) is 35.2 Å². The summed E-state index contributed by atoms with van der Waals surface area (Å²) in [5.41, 5.74) is 0.668. The third-order valence-electron chi connectivity index (χ3n) is 3.33. The highest BCUT2D eigenvalue weighted by atomic mass is 16.5. The van der Waals surface area contributed by atoms with Crippen molar-refractivity contribution in [3.8, 4) is 17.3 Å². The van der Waals surface area contributed by atoms with Crippen molar-refractivity contribution in [2.75, 3.05) is 19.7 Å². The fraction of sp³-hybridized carbons (Fsp3) is 0.429. The molecule has 0 unspecified atom stereocenters. The van der Waals surface area contributed by atoms with Gasteiger partial charge in [-0.3, -0.25) is 0 Å². The van der Waals surface area contributed by atoms with Crippen LogP contribution in [-0.2, 0) is 0 Å². The molecule has 3 rings (SSSR count). The van der Waals surface area contributed by atoms with E-state index in [1.807, 2.05) is 12.1 Å². The number of nitrogens with one attached hydrogen (secondary N) is 1. The molecule has 3 heterocycles. The van der Waals surface area contributed by atoms with E-state index in [1.165, 1.54) is 0 Å². The number of aromatic nitrogens is 2. The van der Waals surface area contributed by atoms with Crippen LogP contribution in [0, 0.1) is 5.92 Å². The predicted molar refractivity (Wildman–Crippen MR) is 70.8 cm³/mol. The Labute approximate surface area is 112 Å². The van der Waals surface area contributed by atoms with Gasteiger partial charge >= 0.3 is 0 Å². The molecule has 1 aliphatic heterocycles. The van der Waals surface area contributed by atoms with Crippen molar-refractivity contribution in [2.24, 2.45) is 5.92 Å². The van der Waals surface area contributed by atoms with Crippen LogP contribution in [0.3, 0.4) is 0 Å². The molecule has 5 heteroatoms. The summed E-state index contributed by atoms with van der Waals surface area (Å²) in [5.74, 6) is 1.83. The molecule has 0 spiro atoms. The lowest BCUT2D eigenvalue weighted by atomic mass is 9.99. The SMILES string of the molecule is c1coc(-c2nccnc2OCC2CCNCC2)c1. The summed E-state index contributed by atoms with van der Waals surface area (Å²) in [6, 6.07) is 3.70. The van der Waals surface area contributed by atoms with Gasteiger partial charge < -0.3 is 14.5 Å². The number of nitrogens with zero attached hydrogens (tertiary/aromatic N) is 2. The zero-order valence-electron chi connectivity index (χ0n) is 10.7. The Morgan fingerprint density at radius 1 is 1.26 bits per heavy atom. The second-order valence-electron chi connectivity index (χ2n) is 4.69. The van der Waals surface area contributed by atoms with Gasteiger partial charge in [0.15, 0.2) is 11.5 Å². The van der Waals surface area contributed by atoms with Crippen molar-refractivity contribution in [3.05, 3.63) is 30.8 Å². The molecule has 5 nitrogen and oxygen atoms in total. The van der Waals surface area contributed by atoms with Gasteiger partial charge in [0, 0.05) is 12.4 Å². The van der Waals surface area contributed by atoms with Gasteiger partial charge in [0.1, 0.15) is 0 Å². The van der Waals surface area contributed by atoms with Crippen LogP contribution in [0.1, 0.15) is 12.8 Å². The summed E-state index contributed by atoms with van der Waals surface area (Å²) < 4.78 is 11.2. The number of ether oxygens (including phenoxy) is 1.